The normalized spacial score (nSPS) is 17.1. The number of nitrogens with zero attached hydrogens (tertiary/aromatic N) is 2. The van der Waals surface area contributed by atoms with E-state index in [9.17, 15) is 18.7 Å². The van der Waals surface area contributed by atoms with Crippen molar-refractivity contribution in [2.24, 2.45) is 0 Å². The lowest BCUT2D eigenvalue weighted by Crippen LogP contribution is -2.32. The van der Waals surface area contributed by atoms with Crippen LogP contribution in [0.3, 0.4) is 0 Å². The van der Waals surface area contributed by atoms with Crippen LogP contribution < -0.4 is 15.5 Å². The van der Waals surface area contributed by atoms with Crippen molar-refractivity contribution in [3.63, 3.8) is 0 Å². The lowest BCUT2D eigenvalue weighted by atomic mass is 10.1. The molecule has 31 heavy (non-hydrogen) atoms. The van der Waals surface area contributed by atoms with E-state index in [2.05, 4.69) is 15.6 Å². The van der Waals surface area contributed by atoms with Gasteiger partial charge in [0.15, 0.2) is 11.6 Å². The number of carbonyl (C=O) groups is 1. The highest BCUT2D eigenvalue weighted by molar-refractivity contribution is 6.35. The average Bonchev–Trinajstić information content (AvgIpc) is 3.18. The Labute approximate surface area is 182 Å². The zero-order valence-electron chi connectivity index (χ0n) is 16.7. The van der Waals surface area contributed by atoms with Crippen LogP contribution in [0.5, 0.6) is 0 Å². The Morgan fingerprint density at radius 2 is 2.03 bits per heavy atom. The van der Waals surface area contributed by atoms with Gasteiger partial charge in [0.1, 0.15) is 11.9 Å². The van der Waals surface area contributed by atoms with Gasteiger partial charge < -0.3 is 20.6 Å². The second-order valence-corrected chi connectivity index (χ2v) is 7.94. The first-order chi connectivity index (χ1) is 14.8. The van der Waals surface area contributed by atoms with E-state index >= 15 is 0 Å². The molecule has 0 radical (unpaired) electrons. The van der Waals surface area contributed by atoms with Gasteiger partial charge in [-0.3, -0.25) is 4.79 Å². The molecule has 4 rings (SSSR count). The van der Waals surface area contributed by atoms with Crippen LogP contribution >= 0.6 is 11.6 Å². The van der Waals surface area contributed by atoms with Crippen LogP contribution in [-0.2, 0) is 4.79 Å². The molecule has 3 aromatic rings. The number of nitrogens with one attached hydrogen (secondary N) is 2. The number of β-amino-alcohol motifs (C(OH)–C–C–N with tert-alkyl or cyclic N) is 1. The van der Waals surface area contributed by atoms with Gasteiger partial charge >= 0.3 is 0 Å². The molecule has 162 valence electrons. The lowest BCUT2D eigenvalue weighted by Gasteiger charge is -2.19. The first-order valence-corrected chi connectivity index (χ1v) is 10.2. The van der Waals surface area contributed by atoms with Crippen molar-refractivity contribution in [1.29, 1.82) is 0 Å². The van der Waals surface area contributed by atoms with Crippen LogP contribution in [0.25, 0.3) is 10.9 Å². The lowest BCUT2D eigenvalue weighted by molar-refractivity contribution is -0.116. The van der Waals surface area contributed by atoms with E-state index < -0.39 is 23.6 Å². The van der Waals surface area contributed by atoms with Crippen molar-refractivity contribution in [3.8, 4) is 0 Å². The number of carbonyl (C=O) groups excluding carboxylic acids is 1. The standard InChI is InChI=1S/C22H21ClF2N4O2/c1-12(26-13-2-5-17(24)18(25)10-13)22(31)28-21-15-3-7-20(29-9-8-14(30)11-29)27-19(15)6-4-16(21)23/h2-7,10,12,14,26,30H,8-9,11H2,1H3,(H,28,31)/t12?,14-/m1/s1. The summed E-state index contributed by atoms with van der Waals surface area (Å²) in [5.41, 5.74) is 1.35. The molecule has 1 fully saturated rings. The van der Waals surface area contributed by atoms with Crippen LogP contribution in [-0.4, -0.2) is 41.2 Å². The molecule has 1 aliphatic rings. The van der Waals surface area contributed by atoms with Gasteiger partial charge in [-0.1, -0.05) is 11.6 Å². The Morgan fingerprint density at radius 1 is 1.23 bits per heavy atom. The van der Waals surface area contributed by atoms with Crippen molar-refractivity contribution in [3.05, 3.63) is 59.1 Å². The predicted molar refractivity (Wildman–Crippen MR) is 118 cm³/mol. The van der Waals surface area contributed by atoms with Crippen LogP contribution in [0.4, 0.5) is 26.0 Å². The van der Waals surface area contributed by atoms with E-state index in [4.69, 9.17) is 11.6 Å². The Bertz CT molecular complexity index is 1140. The smallest absolute Gasteiger partial charge is 0.246 e. The third-order valence-corrected chi connectivity index (χ3v) is 5.55. The number of hydrogen-bond donors (Lipinski definition) is 3. The zero-order valence-corrected chi connectivity index (χ0v) is 17.5. The number of aromatic nitrogens is 1. The zero-order chi connectivity index (χ0) is 22.1. The van der Waals surface area contributed by atoms with E-state index in [0.29, 0.717) is 34.6 Å². The topological polar surface area (TPSA) is 77.5 Å². The van der Waals surface area contributed by atoms with E-state index in [1.807, 2.05) is 17.0 Å². The molecule has 3 N–H and O–H groups in total. The highest BCUT2D eigenvalue weighted by Gasteiger charge is 2.22. The van der Waals surface area contributed by atoms with Crippen LogP contribution in [0, 0.1) is 11.6 Å². The molecule has 0 aliphatic carbocycles. The van der Waals surface area contributed by atoms with Crippen LogP contribution in [0.1, 0.15) is 13.3 Å². The van der Waals surface area contributed by atoms with Gasteiger partial charge in [0.25, 0.3) is 0 Å². The van der Waals surface area contributed by atoms with Crippen LogP contribution in [0.15, 0.2) is 42.5 Å². The minimum atomic E-state index is -0.998. The molecule has 2 atom stereocenters. The Kier molecular flexibility index (Phi) is 5.93. The number of aliphatic hydroxyl groups excluding tert-OH is 1. The van der Waals surface area contributed by atoms with Gasteiger partial charge in [0.2, 0.25) is 5.91 Å². The number of pyridine rings is 1. The SMILES string of the molecule is CC(Nc1ccc(F)c(F)c1)C(=O)Nc1c(Cl)ccc2nc(N3CC[C@@H](O)C3)ccc12. The number of anilines is 3. The molecule has 0 spiro atoms. The van der Waals surface area contributed by atoms with Crippen LogP contribution in [0.2, 0.25) is 5.02 Å². The van der Waals surface area contributed by atoms with Crippen molar-refractivity contribution >= 4 is 45.6 Å². The first-order valence-electron chi connectivity index (χ1n) is 9.86. The highest BCUT2D eigenvalue weighted by atomic mass is 35.5. The molecular formula is C22H21ClF2N4O2. The fourth-order valence-electron chi connectivity index (χ4n) is 3.55. The van der Waals surface area contributed by atoms with Crippen molar-refractivity contribution < 1.29 is 18.7 Å². The second kappa shape index (κ2) is 8.64. The van der Waals surface area contributed by atoms with Gasteiger partial charge in [-0.2, -0.15) is 0 Å². The summed E-state index contributed by atoms with van der Waals surface area (Å²) in [4.78, 5) is 19.4. The third-order valence-electron chi connectivity index (χ3n) is 5.24. The van der Waals surface area contributed by atoms with Crippen molar-refractivity contribution in [2.45, 2.75) is 25.5 Å². The first kappa shape index (κ1) is 21.3. The Balaban J connectivity index is 1.54. The Morgan fingerprint density at radius 3 is 2.74 bits per heavy atom. The summed E-state index contributed by atoms with van der Waals surface area (Å²) in [6.45, 7) is 2.86. The van der Waals surface area contributed by atoms with E-state index in [1.54, 1.807) is 19.1 Å². The van der Waals surface area contributed by atoms with E-state index in [1.165, 1.54) is 6.07 Å². The molecule has 1 amide bonds. The summed E-state index contributed by atoms with van der Waals surface area (Å²) in [5, 5.41) is 16.4. The minimum Gasteiger partial charge on any atom is -0.391 e. The number of fused-ring (bicyclic) bond motifs is 1. The van der Waals surface area contributed by atoms with Gasteiger partial charge in [0.05, 0.1) is 22.3 Å². The van der Waals surface area contributed by atoms with Gasteiger partial charge in [-0.15, -0.1) is 0 Å². The average molecular weight is 447 g/mol. The molecule has 6 nitrogen and oxygen atoms in total. The number of rotatable bonds is 5. The molecule has 9 heteroatoms. The Hall–Kier alpha value is -2.97. The second-order valence-electron chi connectivity index (χ2n) is 7.53. The predicted octanol–water partition coefficient (Wildman–Crippen LogP) is 4.18. The highest BCUT2D eigenvalue weighted by Crippen LogP contribution is 2.32. The summed E-state index contributed by atoms with van der Waals surface area (Å²) in [6.07, 6.45) is 0.339. The fraction of sp³-hybridized carbons (Fsp3) is 0.273. The number of amides is 1. The molecule has 1 aromatic heterocycles. The van der Waals surface area contributed by atoms with E-state index in [-0.39, 0.29) is 11.8 Å². The summed E-state index contributed by atoms with van der Waals surface area (Å²) in [5.74, 6) is -1.61. The third kappa shape index (κ3) is 4.55. The maximum absolute atomic E-state index is 13.4. The number of aliphatic hydroxyl groups is 1. The minimum absolute atomic E-state index is 0.282. The number of benzene rings is 2. The molecular weight excluding hydrogens is 426 g/mol. The van der Waals surface area contributed by atoms with Gasteiger partial charge in [-0.25, -0.2) is 13.8 Å². The summed E-state index contributed by atoms with van der Waals surface area (Å²) < 4.78 is 26.5. The molecule has 0 bridgehead atoms. The van der Waals surface area contributed by atoms with Gasteiger partial charge in [0, 0.05) is 30.2 Å². The summed E-state index contributed by atoms with van der Waals surface area (Å²) >= 11 is 6.34. The molecule has 2 heterocycles. The van der Waals surface area contributed by atoms with Crippen molar-refractivity contribution in [1.82, 2.24) is 4.98 Å². The van der Waals surface area contributed by atoms with E-state index in [0.717, 1.165) is 24.5 Å². The number of halogens is 3. The summed E-state index contributed by atoms with van der Waals surface area (Å²) in [7, 11) is 0. The largest absolute Gasteiger partial charge is 0.391 e. The maximum atomic E-state index is 13.4. The maximum Gasteiger partial charge on any atom is 0.246 e. The quantitative estimate of drug-likeness (QED) is 0.548. The molecule has 1 aliphatic heterocycles. The molecule has 1 unspecified atom stereocenters. The molecule has 1 saturated heterocycles. The monoisotopic (exact) mass is 446 g/mol. The summed E-state index contributed by atoms with van der Waals surface area (Å²) in [6, 6.07) is 9.68. The number of hydrogen-bond acceptors (Lipinski definition) is 5. The fourth-order valence-corrected chi connectivity index (χ4v) is 3.76. The molecule has 2 aromatic carbocycles. The molecule has 0 saturated carbocycles. The van der Waals surface area contributed by atoms with Crippen molar-refractivity contribution in [2.75, 3.05) is 28.6 Å². The van der Waals surface area contributed by atoms with Gasteiger partial charge in [-0.05, 0) is 49.7 Å².